The van der Waals surface area contributed by atoms with E-state index in [4.69, 9.17) is 0 Å². The summed E-state index contributed by atoms with van der Waals surface area (Å²) in [5, 5.41) is 3.87. The lowest BCUT2D eigenvalue weighted by molar-refractivity contribution is 0.0640. The second-order valence-electron chi connectivity index (χ2n) is 8.63. The Hall–Kier alpha value is -2.54. The van der Waals surface area contributed by atoms with Crippen molar-refractivity contribution in [2.45, 2.75) is 51.9 Å². The molecular formula is C23H27F3N4. The molecule has 2 atom stereocenters. The van der Waals surface area contributed by atoms with E-state index in [0.717, 1.165) is 16.5 Å². The monoisotopic (exact) mass is 416 g/mol. The predicted molar refractivity (Wildman–Crippen MR) is 114 cm³/mol. The molecule has 30 heavy (non-hydrogen) atoms. The van der Waals surface area contributed by atoms with E-state index in [2.05, 4.69) is 15.3 Å². The molecule has 160 valence electrons. The Morgan fingerprint density at radius 2 is 2.00 bits per heavy atom. The fourth-order valence-electron chi connectivity index (χ4n) is 4.51. The Kier molecular flexibility index (Phi) is 5.26. The first kappa shape index (κ1) is 20.7. The fraction of sp³-hybridized carbons (Fsp3) is 0.435. The topological polar surface area (TPSA) is 44.0 Å². The van der Waals surface area contributed by atoms with Gasteiger partial charge in [0.1, 0.15) is 17.3 Å². The number of nitrogens with zero attached hydrogens (tertiary/aromatic N) is 2. The van der Waals surface area contributed by atoms with E-state index < -0.39 is 23.5 Å². The molecule has 0 spiro atoms. The number of benzene rings is 1. The minimum absolute atomic E-state index is 0.0431. The van der Waals surface area contributed by atoms with Crippen LogP contribution in [0.2, 0.25) is 0 Å². The van der Waals surface area contributed by atoms with Crippen molar-refractivity contribution in [3.8, 4) is 0 Å². The minimum atomic E-state index is -1.53. The van der Waals surface area contributed by atoms with Crippen LogP contribution in [0.1, 0.15) is 50.6 Å². The highest BCUT2D eigenvalue weighted by atomic mass is 19.1. The minimum Gasteiger partial charge on any atom is -0.370 e. The number of anilines is 1. The van der Waals surface area contributed by atoms with Gasteiger partial charge in [-0.05, 0) is 45.7 Å². The van der Waals surface area contributed by atoms with Crippen molar-refractivity contribution in [1.29, 1.82) is 0 Å². The van der Waals surface area contributed by atoms with Crippen molar-refractivity contribution in [3.05, 3.63) is 58.9 Å². The molecule has 2 unspecified atom stereocenters. The van der Waals surface area contributed by atoms with Gasteiger partial charge in [-0.1, -0.05) is 18.2 Å². The number of nitrogens with one attached hydrogen (secondary N) is 2. The van der Waals surface area contributed by atoms with Crippen molar-refractivity contribution < 1.29 is 13.2 Å². The van der Waals surface area contributed by atoms with E-state index in [1.54, 1.807) is 0 Å². The van der Waals surface area contributed by atoms with E-state index in [-0.39, 0.29) is 24.0 Å². The summed E-state index contributed by atoms with van der Waals surface area (Å²) in [4.78, 5) is 9.12. The largest absolute Gasteiger partial charge is 0.370 e. The molecule has 1 aliphatic rings. The highest BCUT2D eigenvalue weighted by Gasteiger charge is 2.41. The van der Waals surface area contributed by atoms with E-state index >= 15 is 8.78 Å². The summed E-state index contributed by atoms with van der Waals surface area (Å²) in [6, 6.07) is 8.11. The van der Waals surface area contributed by atoms with E-state index in [0.29, 0.717) is 18.7 Å². The number of aromatic nitrogens is 2. The van der Waals surface area contributed by atoms with Gasteiger partial charge < -0.3 is 10.3 Å². The van der Waals surface area contributed by atoms with Crippen LogP contribution < -0.4 is 5.32 Å². The van der Waals surface area contributed by atoms with Gasteiger partial charge in [-0.25, -0.2) is 13.8 Å². The summed E-state index contributed by atoms with van der Waals surface area (Å²) in [5.41, 5.74) is 0.944. The van der Waals surface area contributed by atoms with Crippen molar-refractivity contribution in [1.82, 2.24) is 14.9 Å². The van der Waals surface area contributed by atoms with Gasteiger partial charge in [-0.3, -0.25) is 4.90 Å². The van der Waals surface area contributed by atoms with Gasteiger partial charge in [0.2, 0.25) is 5.95 Å². The molecule has 1 aromatic carbocycles. The third-order valence-electron chi connectivity index (χ3n) is 5.67. The van der Waals surface area contributed by atoms with Gasteiger partial charge in [0.15, 0.2) is 0 Å². The fourth-order valence-corrected chi connectivity index (χ4v) is 4.51. The molecule has 0 fully saturated rings. The molecule has 3 aromatic rings. The summed E-state index contributed by atoms with van der Waals surface area (Å²) < 4.78 is 45.1. The number of para-hydroxylation sites is 1. The maximum atomic E-state index is 15.2. The van der Waals surface area contributed by atoms with Crippen LogP contribution in [-0.4, -0.2) is 39.7 Å². The number of alkyl halides is 1. The molecule has 0 saturated carbocycles. The normalized spacial score (nSPS) is 19.8. The lowest BCUT2D eigenvalue weighted by Crippen LogP contribution is -2.48. The molecule has 0 radical (unpaired) electrons. The second-order valence-corrected chi connectivity index (χ2v) is 8.63. The number of halogens is 3. The molecule has 0 bridgehead atoms. The Bertz CT molecular complexity index is 1050. The van der Waals surface area contributed by atoms with E-state index in [9.17, 15) is 4.39 Å². The SMILES string of the molecule is CCNc1cc(F)c(C2c3[nH]c4ccccc4c3CC(C)N2CC(C)(C)F)c(F)n1. The number of H-pyrrole nitrogens is 1. The number of fused-ring (bicyclic) bond motifs is 3. The number of rotatable bonds is 5. The average Bonchev–Trinajstić information content (AvgIpc) is 3.01. The zero-order valence-corrected chi connectivity index (χ0v) is 17.7. The van der Waals surface area contributed by atoms with Crippen LogP contribution >= 0.6 is 0 Å². The van der Waals surface area contributed by atoms with Crippen molar-refractivity contribution in [2.75, 3.05) is 18.4 Å². The van der Waals surface area contributed by atoms with Crippen LogP contribution in [0.3, 0.4) is 0 Å². The predicted octanol–water partition coefficient (Wildman–Crippen LogP) is 5.36. The Morgan fingerprint density at radius 1 is 1.27 bits per heavy atom. The lowest BCUT2D eigenvalue weighted by Gasteiger charge is -2.42. The molecule has 7 heteroatoms. The molecule has 4 rings (SSSR count). The summed E-state index contributed by atoms with van der Waals surface area (Å²) in [6.45, 7) is 7.31. The third-order valence-corrected chi connectivity index (χ3v) is 5.67. The van der Waals surface area contributed by atoms with Gasteiger partial charge in [-0.2, -0.15) is 4.39 Å². The Morgan fingerprint density at radius 3 is 2.67 bits per heavy atom. The zero-order chi connectivity index (χ0) is 21.6. The van der Waals surface area contributed by atoms with Crippen LogP contribution in [0.5, 0.6) is 0 Å². The Labute approximate surface area is 174 Å². The summed E-state index contributed by atoms with van der Waals surface area (Å²) in [7, 11) is 0. The molecule has 3 heterocycles. The smallest absolute Gasteiger partial charge is 0.222 e. The zero-order valence-electron chi connectivity index (χ0n) is 17.7. The highest BCUT2D eigenvalue weighted by Crippen LogP contribution is 2.43. The number of aromatic amines is 1. The summed E-state index contributed by atoms with van der Waals surface area (Å²) in [5.74, 6) is -1.42. The van der Waals surface area contributed by atoms with Gasteiger partial charge in [0.25, 0.3) is 0 Å². The average molecular weight is 416 g/mol. The standard InChI is InChI=1S/C23H27F3N4/c1-5-27-18-11-16(24)19(22(25)29-18)21-20-15(14-8-6-7-9-17(14)28-20)10-13(2)30(21)12-23(3,4)26/h6-9,11,13,21,28H,5,10,12H2,1-4H3,(H,27,29). The van der Waals surface area contributed by atoms with Gasteiger partial charge in [-0.15, -0.1) is 0 Å². The van der Waals surface area contributed by atoms with Crippen molar-refractivity contribution >= 4 is 16.7 Å². The first-order valence-corrected chi connectivity index (χ1v) is 10.3. The third kappa shape index (κ3) is 3.67. The molecule has 2 N–H and O–H groups in total. The number of pyridine rings is 1. The molecular weight excluding hydrogens is 389 g/mol. The summed E-state index contributed by atoms with van der Waals surface area (Å²) in [6.07, 6.45) is 0.665. The van der Waals surface area contributed by atoms with Gasteiger partial charge >= 0.3 is 0 Å². The van der Waals surface area contributed by atoms with E-state index in [1.165, 1.54) is 19.9 Å². The van der Waals surface area contributed by atoms with Gasteiger partial charge in [0.05, 0.1) is 11.6 Å². The lowest BCUT2D eigenvalue weighted by atomic mass is 9.88. The molecule has 2 aromatic heterocycles. The molecule has 0 aliphatic carbocycles. The van der Waals surface area contributed by atoms with Crippen LogP contribution in [0, 0.1) is 11.8 Å². The molecule has 4 nitrogen and oxygen atoms in total. The van der Waals surface area contributed by atoms with Crippen LogP contribution in [0.4, 0.5) is 19.0 Å². The maximum Gasteiger partial charge on any atom is 0.222 e. The van der Waals surface area contributed by atoms with Crippen LogP contribution in [0.25, 0.3) is 10.9 Å². The maximum absolute atomic E-state index is 15.2. The molecule has 1 aliphatic heterocycles. The first-order chi connectivity index (χ1) is 14.2. The number of hydrogen-bond acceptors (Lipinski definition) is 3. The van der Waals surface area contributed by atoms with Crippen molar-refractivity contribution in [3.63, 3.8) is 0 Å². The highest BCUT2D eigenvalue weighted by molar-refractivity contribution is 5.85. The molecule has 0 saturated heterocycles. The van der Waals surface area contributed by atoms with Gasteiger partial charge in [0, 0.05) is 41.8 Å². The first-order valence-electron chi connectivity index (χ1n) is 10.3. The second kappa shape index (κ2) is 7.61. The van der Waals surface area contributed by atoms with Crippen LogP contribution in [0.15, 0.2) is 30.3 Å². The van der Waals surface area contributed by atoms with Crippen molar-refractivity contribution in [2.24, 2.45) is 0 Å². The quantitative estimate of drug-likeness (QED) is 0.551. The van der Waals surface area contributed by atoms with Crippen LogP contribution in [-0.2, 0) is 6.42 Å². The molecule has 0 amide bonds. The Balaban J connectivity index is 1.93. The van der Waals surface area contributed by atoms with E-state index in [1.807, 2.05) is 43.0 Å². The summed E-state index contributed by atoms with van der Waals surface area (Å²) >= 11 is 0. The number of hydrogen-bond donors (Lipinski definition) is 2.